The highest BCUT2D eigenvalue weighted by molar-refractivity contribution is 6.01. The summed E-state index contributed by atoms with van der Waals surface area (Å²) in [6, 6.07) is 1.36. The summed E-state index contributed by atoms with van der Waals surface area (Å²) >= 11 is 0. The van der Waals surface area contributed by atoms with E-state index in [1.807, 2.05) is 6.92 Å². The van der Waals surface area contributed by atoms with Crippen LogP contribution in [0.4, 0.5) is 5.95 Å². The van der Waals surface area contributed by atoms with Crippen molar-refractivity contribution < 1.29 is 9.59 Å². The van der Waals surface area contributed by atoms with Gasteiger partial charge in [0.1, 0.15) is 6.04 Å². The Kier molecular flexibility index (Phi) is 3.03. The summed E-state index contributed by atoms with van der Waals surface area (Å²) in [5.41, 5.74) is 0.829. The molecule has 0 bridgehead atoms. The number of hydrogen-bond donors (Lipinski definition) is 1. The van der Waals surface area contributed by atoms with E-state index in [9.17, 15) is 9.59 Å². The quantitative estimate of drug-likeness (QED) is 0.747. The van der Waals surface area contributed by atoms with Crippen LogP contribution in [0.5, 0.6) is 0 Å². The van der Waals surface area contributed by atoms with Gasteiger partial charge in [-0.1, -0.05) is 0 Å². The van der Waals surface area contributed by atoms with Gasteiger partial charge in [-0.05, 0) is 19.4 Å². The van der Waals surface area contributed by atoms with E-state index in [2.05, 4.69) is 15.3 Å². The number of anilines is 1. The molecule has 1 fully saturated rings. The van der Waals surface area contributed by atoms with Gasteiger partial charge in [-0.2, -0.15) is 0 Å². The van der Waals surface area contributed by atoms with E-state index in [-0.39, 0.29) is 11.8 Å². The van der Waals surface area contributed by atoms with E-state index in [1.54, 1.807) is 12.3 Å². The first-order valence-corrected chi connectivity index (χ1v) is 5.44. The molecular weight excluding hydrogens is 220 g/mol. The van der Waals surface area contributed by atoms with Gasteiger partial charge in [0.25, 0.3) is 5.91 Å². The Labute approximate surface area is 99.1 Å². The van der Waals surface area contributed by atoms with Crippen LogP contribution < -0.4 is 5.32 Å². The number of imide groups is 1. The van der Waals surface area contributed by atoms with Gasteiger partial charge < -0.3 is 5.32 Å². The van der Waals surface area contributed by atoms with Crippen LogP contribution in [-0.2, 0) is 9.59 Å². The van der Waals surface area contributed by atoms with Gasteiger partial charge in [-0.3, -0.25) is 14.5 Å². The summed E-state index contributed by atoms with van der Waals surface area (Å²) in [6.45, 7) is 1.85. The zero-order valence-electron chi connectivity index (χ0n) is 9.80. The summed E-state index contributed by atoms with van der Waals surface area (Å²) in [5.74, 6) is 0.0515. The molecule has 1 aliphatic rings. The van der Waals surface area contributed by atoms with Gasteiger partial charge in [0.05, 0.1) is 0 Å². The molecule has 1 aromatic rings. The second kappa shape index (κ2) is 4.48. The van der Waals surface area contributed by atoms with Gasteiger partial charge in [0, 0.05) is 25.4 Å². The number of likely N-dealkylation sites (N-methyl/N-ethyl adjacent to an activating group) is 1. The predicted molar refractivity (Wildman–Crippen MR) is 61.2 cm³/mol. The number of rotatable bonds is 2. The average molecular weight is 234 g/mol. The topological polar surface area (TPSA) is 75.2 Å². The van der Waals surface area contributed by atoms with Gasteiger partial charge in [0.2, 0.25) is 11.9 Å². The second-order valence-corrected chi connectivity index (χ2v) is 4.05. The molecule has 1 N–H and O–H groups in total. The summed E-state index contributed by atoms with van der Waals surface area (Å²) in [5, 5.41) is 2.96. The summed E-state index contributed by atoms with van der Waals surface area (Å²) < 4.78 is 0. The predicted octanol–water partition coefficient (Wildman–Crippen LogP) is 0.344. The van der Waals surface area contributed by atoms with Crippen molar-refractivity contribution in [3.8, 4) is 0 Å². The number of carbonyl (C=O) groups is 2. The third-order valence-electron chi connectivity index (χ3n) is 2.75. The summed E-state index contributed by atoms with van der Waals surface area (Å²) in [4.78, 5) is 32.5. The van der Waals surface area contributed by atoms with Crippen LogP contribution >= 0.6 is 0 Å². The highest BCUT2D eigenvalue weighted by Crippen LogP contribution is 2.14. The first-order chi connectivity index (χ1) is 8.08. The molecule has 6 nitrogen and oxygen atoms in total. The number of aromatic nitrogens is 2. The van der Waals surface area contributed by atoms with Crippen molar-refractivity contribution in [1.29, 1.82) is 0 Å². The van der Waals surface area contributed by atoms with Crippen molar-refractivity contribution in [1.82, 2.24) is 14.9 Å². The molecule has 2 heterocycles. The molecule has 6 heteroatoms. The van der Waals surface area contributed by atoms with Crippen LogP contribution in [0.3, 0.4) is 0 Å². The monoisotopic (exact) mass is 234 g/mol. The molecule has 17 heavy (non-hydrogen) atoms. The zero-order chi connectivity index (χ0) is 12.4. The van der Waals surface area contributed by atoms with Crippen LogP contribution in [0.25, 0.3) is 0 Å². The SMILES string of the molecule is Cc1ccnc(NC2CCC(=O)N(C)C2=O)n1. The Morgan fingerprint density at radius 1 is 1.47 bits per heavy atom. The minimum Gasteiger partial charge on any atom is -0.342 e. The fourth-order valence-corrected chi connectivity index (χ4v) is 1.72. The van der Waals surface area contributed by atoms with Gasteiger partial charge in [-0.25, -0.2) is 9.97 Å². The molecule has 0 spiro atoms. The van der Waals surface area contributed by atoms with Crippen molar-refractivity contribution in [2.45, 2.75) is 25.8 Å². The number of amides is 2. The van der Waals surface area contributed by atoms with Crippen molar-refractivity contribution in [3.63, 3.8) is 0 Å². The van der Waals surface area contributed by atoms with E-state index < -0.39 is 6.04 Å². The van der Waals surface area contributed by atoms with E-state index >= 15 is 0 Å². The Bertz CT molecular complexity index is 461. The fraction of sp³-hybridized carbons (Fsp3) is 0.455. The maximum Gasteiger partial charge on any atom is 0.251 e. The number of nitrogens with zero attached hydrogens (tertiary/aromatic N) is 3. The molecule has 0 aliphatic carbocycles. The molecule has 1 atom stereocenters. The maximum atomic E-state index is 11.8. The molecule has 1 saturated heterocycles. The number of hydrogen-bond acceptors (Lipinski definition) is 5. The number of aryl methyl sites for hydroxylation is 1. The molecular formula is C11H14N4O2. The minimum atomic E-state index is -0.417. The number of nitrogens with one attached hydrogen (secondary N) is 1. The van der Waals surface area contributed by atoms with Crippen molar-refractivity contribution in [3.05, 3.63) is 18.0 Å². The summed E-state index contributed by atoms with van der Waals surface area (Å²) in [6.07, 6.45) is 2.48. The Morgan fingerprint density at radius 3 is 2.94 bits per heavy atom. The first-order valence-electron chi connectivity index (χ1n) is 5.44. The van der Waals surface area contributed by atoms with E-state index in [4.69, 9.17) is 0 Å². The first kappa shape index (κ1) is 11.5. The molecule has 2 rings (SSSR count). The van der Waals surface area contributed by atoms with E-state index in [0.29, 0.717) is 18.8 Å². The standard InChI is InChI=1S/C11H14N4O2/c1-7-5-6-12-11(13-7)14-8-3-4-9(16)15(2)10(8)17/h5-6,8H,3-4H2,1-2H3,(H,12,13,14). The van der Waals surface area contributed by atoms with Crippen LogP contribution in [0, 0.1) is 6.92 Å². The van der Waals surface area contributed by atoms with Crippen molar-refractivity contribution >= 4 is 17.8 Å². The van der Waals surface area contributed by atoms with Crippen LogP contribution in [-0.4, -0.2) is 39.8 Å². The maximum absolute atomic E-state index is 11.8. The van der Waals surface area contributed by atoms with Crippen molar-refractivity contribution in [2.75, 3.05) is 12.4 Å². The highest BCUT2D eigenvalue weighted by atomic mass is 16.2. The van der Waals surface area contributed by atoms with Crippen molar-refractivity contribution in [2.24, 2.45) is 0 Å². The minimum absolute atomic E-state index is 0.141. The lowest BCUT2D eigenvalue weighted by Crippen LogP contribution is -2.48. The molecule has 1 aliphatic heterocycles. The van der Waals surface area contributed by atoms with E-state index in [0.717, 1.165) is 10.6 Å². The molecule has 1 unspecified atom stereocenters. The molecule has 90 valence electrons. The zero-order valence-corrected chi connectivity index (χ0v) is 9.80. The smallest absolute Gasteiger partial charge is 0.251 e. The van der Waals surface area contributed by atoms with Gasteiger partial charge in [0.15, 0.2) is 0 Å². The largest absolute Gasteiger partial charge is 0.342 e. The number of carbonyl (C=O) groups excluding carboxylic acids is 2. The second-order valence-electron chi connectivity index (χ2n) is 4.05. The Balaban J connectivity index is 2.09. The van der Waals surface area contributed by atoms with Crippen LogP contribution in [0.2, 0.25) is 0 Å². The highest BCUT2D eigenvalue weighted by Gasteiger charge is 2.31. The fourth-order valence-electron chi connectivity index (χ4n) is 1.72. The third-order valence-corrected chi connectivity index (χ3v) is 2.75. The van der Waals surface area contributed by atoms with Gasteiger partial charge >= 0.3 is 0 Å². The summed E-state index contributed by atoms with van der Waals surface area (Å²) in [7, 11) is 1.50. The van der Waals surface area contributed by atoms with Crippen LogP contribution in [0.15, 0.2) is 12.3 Å². The molecule has 2 amide bonds. The number of likely N-dealkylation sites (tertiary alicyclic amines) is 1. The van der Waals surface area contributed by atoms with E-state index in [1.165, 1.54) is 7.05 Å². The molecule has 1 aromatic heterocycles. The molecule has 0 aromatic carbocycles. The van der Waals surface area contributed by atoms with Crippen LogP contribution in [0.1, 0.15) is 18.5 Å². The lowest BCUT2D eigenvalue weighted by atomic mass is 10.1. The number of piperidine rings is 1. The lowest BCUT2D eigenvalue weighted by molar-refractivity contribution is -0.146. The third kappa shape index (κ3) is 2.41. The molecule has 0 saturated carbocycles. The molecule has 0 radical (unpaired) electrons. The lowest BCUT2D eigenvalue weighted by Gasteiger charge is -2.28. The normalized spacial score (nSPS) is 20.6. The Hall–Kier alpha value is -1.98. The Morgan fingerprint density at radius 2 is 2.24 bits per heavy atom. The van der Waals surface area contributed by atoms with Gasteiger partial charge in [-0.15, -0.1) is 0 Å². The average Bonchev–Trinajstić information content (AvgIpc) is 2.30.